The third kappa shape index (κ3) is 2.94. The van der Waals surface area contributed by atoms with Crippen molar-refractivity contribution >= 4 is 11.8 Å². The summed E-state index contributed by atoms with van der Waals surface area (Å²) in [6.07, 6.45) is 3.72. The van der Waals surface area contributed by atoms with Crippen LogP contribution in [0, 0.1) is 18.8 Å². The largest absolute Gasteiger partial charge is 0.465 e. The maximum atomic E-state index is 11.5. The zero-order valence-electron chi connectivity index (χ0n) is 12.8. The molecular formula is C16H24N2O2. The van der Waals surface area contributed by atoms with Gasteiger partial charge in [-0.25, -0.2) is 9.78 Å². The number of nitrogens with zero attached hydrogens (tertiary/aromatic N) is 1. The first kappa shape index (κ1) is 14.8. The van der Waals surface area contributed by atoms with Gasteiger partial charge in [0.1, 0.15) is 5.82 Å². The minimum absolute atomic E-state index is 0.332. The molecule has 1 aromatic rings. The van der Waals surface area contributed by atoms with Crippen LogP contribution >= 0.6 is 0 Å². The SMILES string of the molecule is CCC1CCC(Nc2ccc(C(=O)OC)c(C)n2)C1C. The number of aryl methyl sites for hydroxylation is 1. The van der Waals surface area contributed by atoms with Crippen LogP contribution in [0.25, 0.3) is 0 Å². The normalized spacial score (nSPS) is 25.5. The van der Waals surface area contributed by atoms with Gasteiger partial charge in [-0.1, -0.05) is 20.3 Å². The molecule has 1 aromatic heterocycles. The molecule has 0 bridgehead atoms. The summed E-state index contributed by atoms with van der Waals surface area (Å²) in [4.78, 5) is 16.0. The van der Waals surface area contributed by atoms with Gasteiger partial charge in [0.25, 0.3) is 0 Å². The second-order valence-corrected chi connectivity index (χ2v) is 5.68. The highest BCUT2D eigenvalue weighted by atomic mass is 16.5. The molecule has 3 unspecified atom stereocenters. The Balaban J connectivity index is 2.08. The van der Waals surface area contributed by atoms with Crippen molar-refractivity contribution in [3.05, 3.63) is 23.4 Å². The van der Waals surface area contributed by atoms with E-state index in [1.54, 1.807) is 6.07 Å². The highest BCUT2D eigenvalue weighted by Gasteiger charge is 2.31. The highest BCUT2D eigenvalue weighted by molar-refractivity contribution is 5.90. The average molecular weight is 276 g/mol. The first-order valence-corrected chi connectivity index (χ1v) is 7.39. The van der Waals surface area contributed by atoms with E-state index in [1.165, 1.54) is 26.4 Å². The lowest BCUT2D eigenvalue weighted by Crippen LogP contribution is -2.25. The molecule has 0 spiro atoms. The fourth-order valence-electron chi connectivity index (χ4n) is 3.18. The second kappa shape index (κ2) is 6.25. The molecule has 1 heterocycles. The summed E-state index contributed by atoms with van der Waals surface area (Å²) >= 11 is 0. The molecule has 0 amide bonds. The monoisotopic (exact) mass is 276 g/mol. The van der Waals surface area contributed by atoms with Gasteiger partial charge in [0.15, 0.2) is 0 Å². The number of pyridine rings is 1. The summed E-state index contributed by atoms with van der Waals surface area (Å²) in [7, 11) is 1.39. The Bertz CT molecular complexity index is 487. The Morgan fingerprint density at radius 2 is 2.20 bits per heavy atom. The van der Waals surface area contributed by atoms with Gasteiger partial charge in [-0.05, 0) is 43.7 Å². The Morgan fingerprint density at radius 1 is 1.45 bits per heavy atom. The summed E-state index contributed by atoms with van der Waals surface area (Å²) < 4.78 is 4.74. The minimum atomic E-state index is -0.332. The van der Waals surface area contributed by atoms with Gasteiger partial charge in [-0.3, -0.25) is 0 Å². The van der Waals surface area contributed by atoms with E-state index in [0.717, 1.165) is 11.7 Å². The average Bonchev–Trinajstić information content (AvgIpc) is 2.79. The number of rotatable bonds is 4. The third-order valence-corrected chi connectivity index (χ3v) is 4.58. The summed E-state index contributed by atoms with van der Waals surface area (Å²) in [5.41, 5.74) is 1.24. The molecule has 110 valence electrons. The van der Waals surface area contributed by atoms with E-state index in [0.29, 0.717) is 23.2 Å². The molecule has 0 saturated heterocycles. The number of anilines is 1. The van der Waals surface area contributed by atoms with Crippen molar-refractivity contribution in [3.8, 4) is 0 Å². The van der Waals surface area contributed by atoms with Crippen molar-refractivity contribution in [2.75, 3.05) is 12.4 Å². The van der Waals surface area contributed by atoms with Crippen LogP contribution in [-0.2, 0) is 4.74 Å². The van der Waals surface area contributed by atoms with E-state index in [2.05, 4.69) is 24.1 Å². The molecule has 1 aliphatic rings. The van der Waals surface area contributed by atoms with Crippen molar-refractivity contribution in [1.82, 2.24) is 4.98 Å². The zero-order chi connectivity index (χ0) is 14.7. The van der Waals surface area contributed by atoms with E-state index in [-0.39, 0.29) is 5.97 Å². The molecule has 20 heavy (non-hydrogen) atoms. The third-order valence-electron chi connectivity index (χ3n) is 4.58. The van der Waals surface area contributed by atoms with Crippen molar-refractivity contribution in [2.24, 2.45) is 11.8 Å². The molecule has 1 aliphatic carbocycles. The number of carbonyl (C=O) groups is 1. The zero-order valence-corrected chi connectivity index (χ0v) is 12.8. The van der Waals surface area contributed by atoms with Crippen LogP contribution in [0.1, 0.15) is 49.2 Å². The summed E-state index contributed by atoms with van der Waals surface area (Å²) in [6, 6.07) is 4.13. The van der Waals surface area contributed by atoms with E-state index in [9.17, 15) is 4.79 Å². The number of hydrogen-bond acceptors (Lipinski definition) is 4. The quantitative estimate of drug-likeness (QED) is 0.856. The molecule has 1 saturated carbocycles. The van der Waals surface area contributed by atoms with E-state index >= 15 is 0 Å². The maximum absolute atomic E-state index is 11.5. The molecule has 3 atom stereocenters. The molecule has 0 radical (unpaired) electrons. The van der Waals surface area contributed by atoms with E-state index < -0.39 is 0 Å². The van der Waals surface area contributed by atoms with Gasteiger partial charge in [-0.2, -0.15) is 0 Å². The molecule has 0 aliphatic heterocycles. The number of methoxy groups -OCH3 is 1. The Kier molecular flexibility index (Phi) is 4.63. The van der Waals surface area contributed by atoms with Crippen LogP contribution in [0.4, 0.5) is 5.82 Å². The van der Waals surface area contributed by atoms with Crippen molar-refractivity contribution in [1.29, 1.82) is 0 Å². The first-order chi connectivity index (χ1) is 9.56. The van der Waals surface area contributed by atoms with Crippen LogP contribution in [-0.4, -0.2) is 24.1 Å². The summed E-state index contributed by atoms with van der Waals surface area (Å²) in [5, 5.41) is 3.52. The van der Waals surface area contributed by atoms with Crippen LogP contribution in [0.5, 0.6) is 0 Å². The van der Waals surface area contributed by atoms with Crippen LogP contribution < -0.4 is 5.32 Å². The number of aromatic nitrogens is 1. The smallest absolute Gasteiger partial charge is 0.339 e. The van der Waals surface area contributed by atoms with Crippen molar-refractivity contribution in [3.63, 3.8) is 0 Å². The van der Waals surface area contributed by atoms with Gasteiger partial charge in [0.05, 0.1) is 18.4 Å². The van der Waals surface area contributed by atoms with Gasteiger partial charge >= 0.3 is 5.97 Å². The maximum Gasteiger partial charge on any atom is 0.339 e. The summed E-state index contributed by atoms with van der Waals surface area (Å²) in [6.45, 7) is 6.41. The molecular weight excluding hydrogens is 252 g/mol. The first-order valence-electron chi connectivity index (χ1n) is 7.39. The van der Waals surface area contributed by atoms with Crippen molar-refractivity contribution in [2.45, 2.75) is 46.1 Å². The van der Waals surface area contributed by atoms with E-state index in [4.69, 9.17) is 4.74 Å². The molecule has 2 rings (SSSR count). The topological polar surface area (TPSA) is 51.2 Å². The Labute approximate surface area is 120 Å². The van der Waals surface area contributed by atoms with Gasteiger partial charge in [0, 0.05) is 6.04 Å². The Hall–Kier alpha value is -1.58. The number of esters is 1. The second-order valence-electron chi connectivity index (χ2n) is 5.68. The highest BCUT2D eigenvalue weighted by Crippen LogP contribution is 2.35. The fraction of sp³-hybridized carbons (Fsp3) is 0.625. The van der Waals surface area contributed by atoms with Crippen LogP contribution in [0.15, 0.2) is 12.1 Å². The molecule has 4 nitrogen and oxygen atoms in total. The lowest BCUT2D eigenvalue weighted by atomic mass is 9.93. The molecule has 0 aromatic carbocycles. The van der Waals surface area contributed by atoms with Crippen molar-refractivity contribution < 1.29 is 9.53 Å². The fourth-order valence-corrected chi connectivity index (χ4v) is 3.18. The van der Waals surface area contributed by atoms with Crippen LogP contribution in [0.3, 0.4) is 0 Å². The lowest BCUT2D eigenvalue weighted by molar-refractivity contribution is 0.0599. The molecule has 1 N–H and O–H groups in total. The van der Waals surface area contributed by atoms with Gasteiger partial charge in [-0.15, -0.1) is 0 Å². The predicted molar refractivity (Wildman–Crippen MR) is 79.9 cm³/mol. The van der Waals surface area contributed by atoms with Gasteiger partial charge < -0.3 is 10.1 Å². The Morgan fingerprint density at radius 3 is 2.75 bits per heavy atom. The number of nitrogens with one attached hydrogen (secondary N) is 1. The number of carbonyl (C=O) groups excluding carboxylic acids is 1. The number of ether oxygens (including phenoxy) is 1. The standard InChI is InChI=1S/C16H24N2O2/c1-5-12-6-8-14(10(12)2)18-15-9-7-13(11(3)17-15)16(19)20-4/h7,9-10,12,14H,5-6,8H2,1-4H3,(H,17,18). The molecule has 1 fully saturated rings. The summed E-state index contributed by atoms with van der Waals surface area (Å²) in [5.74, 6) is 2.00. The predicted octanol–water partition coefficient (Wildman–Crippen LogP) is 3.41. The number of hydrogen-bond donors (Lipinski definition) is 1. The lowest BCUT2D eigenvalue weighted by Gasteiger charge is -2.21. The van der Waals surface area contributed by atoms with Crippen LogP contribution in [0.2, 0.25) is 0 Å². The minimum Gasteiger partial charge on any atom is -0.465 e. The molecule has 4 heteroatoms. The van der Waals surface area contributed by atoms with Gasteiger partial charge in [0.2, 0.25) is 0 Å². The van der Waals surface area contributed by atoms with E-state index in [1.807, 2.05) is 13.0 Å².